The van der Waals surface area contributed by atoms with E-state index >= 15 is 0 Å². The molecule has 0 fully saturated rings. The van der Waals surface area contributed by atoms with Gasteiger partial charge in [0.2, 0.25) is 0 Å². The van der Waals surface area contributed by atoms with Gasteiger partial charge in [0, 0.05) is 24.7 Å². The van der Waals surface area contributed by atoms with Crippen LogP contribution in [0.3, 0.4) is 0 Å². The molecule has 1 aromatic carbocycles. The molecule has 0 heterocycles. The van der Waals surface area contributed by atoms with Crippen molar-refractivity contribution < 1.29 is 8.78 Å². The highest BCUT2D eigenvalue weighted by Crippen LogP contribution is 2.26. The van der Waals surface area contributed by atoms with Crippen LogP contribution in [-0.2, 0) is 0 Å². The highest BCUT2D eigenvalue weighted by molar-refractivity contribution is 7.80. The summed E-state index contributed by atoms with van der Waals surface area (Å²) in [6.07, 6.45) is 0. The molecule has 0 bridgehead atoms. The predicted octanol–water partition coefficient (Wildman–Crippen LogP) is 2.38. The van der Waals surface area contributed by atoms with E-state index in [1.54, 1.807) is 4.90 Å². The summed E-state index contributed by atoms with van der Waals surface area (Å²) in [5.41, 5.74) is 5.59. The minimum absolute atomic E-state index is 0.0151. The number of nitrogens with zero attached hydrogens (tertiary/aromatic N) is 2. The lowest BCUT2D eigenvalue weighted by atomic mass is 10.1. The lowest BCUT2D eigenvalue weighted by Gasteiger charge is -2.32. The Hall–Kier alpha value is -1.27. The number of nitrogens with two attached hydrogens (primary N) is 1. The van der Waals surface area contributed by atoms with Crippen molar-refractivity contribution in [2.75, 3.05) is 32.1 Å². The van der Waals surface area contributed by atoms with Gasteiger partial charge >= 0.3 is 0 Å². The Balaban J connectivity index is 3.19. The number of hydrogen-bond acceptors (Lipinski definition) is 3. The number of likely N-dealkylation sites (N-methyl/N-ethyl adjacent to an activating group) is 2. The van der Waals surface area contributed by atoms with E-state index in [1.165, 1.54) is 12.1 Å². The molecular formula is C14H21F2N3S. The topological polar surface area (TPSA) is 32.5 Å². The van der Waals surface area contributed by atoms with Crippen molar-refractivity contribution in [2.24, 2.45) is 5.73 Å². The van der Waals surface area contributed by atoms with Gasteiger partial charge in [-0.1, -0.05) is 12.2 Å². The highest BCUT2D eigenvalue weighted by atomic mass is 32.1. The molecule has 1 unspecified atom stereocenters. The van der Waals surface area contributed by atoms with E-state index in [0.717, 1.165) is 0 Å². The van der Waals surface area contributed by atoms with E-state index in [1.807, 2.05) is 32.8 Å². The molecule has 3 nitrogen and oxygen atoms in total. The van der Waals surface area contributed by atoms with Gasteiger partial charge < -0.3 is 15.5 Å². The first kappa shape index (κ1) is 16.8. The molecule has 0 radical (unpaired) electrons. The van der Waals surface area contributed by atoms with E-state index in [2.05, 4.69) is 0 Å². The maximum absolute atomic E-state index is 14.2. The van der Waals surface area contributed by atoms with Crippen LogP contribution in [0.25, 0.3) is 0 Å². The number of anilines is 1. The van der Waals surface area contributed by atoms with Crippen molar-refractivity contribution in [3.05, 3.63) is 29.3 Å². The Kier molecular flexibility index (Phi) is 5.83. The molecule has 1 atom stereocenters. The number of benzene rings is 1. The molecule has 0 aliphatic rings. The average molecular weight is 301 g/mol. The van der Waals surface area contributed by atoms with Gasteiger partial charge in [-0.15, -0.1) is 0 Å². The van der Waals surface area contributed by atoms with Crippen LogP contribution in [0.15, 0.2) is 12.1 Å². The van der Waals surface area contributed by atoms with E-state index in [9.17, 15) is 8.78 Å². The lowest BCUT2D eigenvalue weighted by molar-refractivity contribution is 0.370. The molecule has 1 aromatic rings. The van der Waals surface area contributed by atoms with Crippen molar-refractivity contribution >= 4 is 22.9 Å². The van der Waals surface area contributed by atoms with Gasteiger partial charge in [0.1, 0.15) is 22.3 Å². The second-order valence-electron chi connectivity index (χ2n) is 5.05. The third kappa shape index (κ3) is 3.86. The molecule has 0 amide bonds. The van der Waals surface area contributed by atoms with Gasteiger partial charge in [0.25, 0.3) is 0 Å². The first-order valence-electron chi connectivity index (χ1n) is 6.48. The zero-order chi connectivity index (χ0) is 15.4. The molecule has 2 N–H and O–H groups in total. The fourth-order valence-corrected chi connectivity index (χ4v) is 2.42. The molecule has 0 aromatic heterocycles. The largest absolute Gasteiger partial charge is 0.389 e. The highest BCUT2D eigenvalue weighted by Gasteiger charge is 2.22. The summed E-state index contributed by atoms with van der Waals surface area (Å²) in [5, 5.41) is 0. The van der Waals surface area contributed by atoms with Crippen LogP contribution >= 0.6 is 12.2 Å². The fourth-order valence-electron chi connectivity index (χ4n) is 2.30. The van der Waals surface area contributed by atoms with Crippen molar-refractivity contribution in [2.45, 2.75) is 19.9 Å². The Morgan fingerprint density at radius 1 is 1.30 bits per heavy atom. The zero-order valence-corrected chi connectivity index (χ0v) is 13.1. The first-order valence-corrected chi connectivity index (χ1v) is 6.89. The SMILES string of the molecule is CCN(c1c(F)cc(C(N)=S)cc1F)C(C)CN(C)C. The lowest BCUT2D eigenvalue weighted by Crippen LogP contribution is -2.41. The Bertz CT molecular complexity index is 468. The van der Waals surface area contributed by atoms with Gasteiger partial charge in [-0.2, -0.15) is 0 Å². The summed E-state index contributed by atoms with van der Waals surface area (Å²) >= 11 is 4.75. The minimum atomic E-state index is -0.639. The van der Waals surface area contributed by atoms with Crippen molar-refractivity contribution in [3.8, 4) is 0 Å². The van der Waals surface area contributed by atoms with Crippen molar-refractivity contribution in [1.82, 2.24) is 4.90 Å². The molecule has 112 valence electrons. The van der Waals surface area contributed by atoms with E-state index in [4.69, 9.17) is 18.0 Å². The Morgan fingerprint density at radius 2 is 1.80 bits per heavy atom. The summed E-state index contributed by atoms with van der Waals surface area (Å²) in [6.45, 7) is 5.01. The van der Waals surface area contributed by atoms with Gasteiger partial charge in [-0.3, -0.25) is 0 Å². The maximum atomic E-state index is 14.2. The number of thiocarbonyl (C=S) groups is 1. The summed E-state index contributed by atoms with van der Waals surface area (Å²) < 4.78 is 28.4. The quantitative estimate of drug-likeness (QED) is 0.818. The minimum Gasteiger partial charge on any atom is -0.389 e. The molecule has 1 rings (SSSR count). The van der Waals surface area contributed by atoms with Gasteiger partial charge in [0.15, 0.2) is 0 Å². The van der Waals surface area contributed by atoms with Crippen LogP contribution in [0.2, 0.25) is 0 Å². The fraction of sp³-hybridized carbons (Fsp3) is 0.500. The van der Waals surface area contributed by atoms with Crippen molar-refractivity contribution in [3.63, 3.8) is 0 Å². The average Bonchev–Trinajstić information content (AvgIpc) is 2.32. The molecule has 0 saturated heterocycles. The van der Waals surface area contributed by atoms with Gasteiger partial charge in [-0.25, -0.2) is 8.78 Å². The predicted molar refractivity (Wildman–Crippen MR) is 83.3 cm³/mol. The maximum Gasteiger partial charge on any atom is 0.150 e. The van der Waals surface area contributed by atoms with Crippen LogP contribution in [0.4, 0.5) is 14.5 Å². The van der Waals surface area contributed by atoms with Crippen LogP contribution < -0.4 is 10.6 Å². The van der Waals surface area contributed by atoms with Crippen LogP contribution in [0.5, 0.6) is 0 Å². The summed E-state index contributed by atoms with van der Waals surface area (Å²) in [6, 6.07) is 2.35. The molecule has 0 spiro atoms. The smallest absolute Gasteiger partial charge is 0.150 e. The molecule has 0 saturated carbocycles. The summed E-state index contributed by atoms with van der Waals surface area (Å²) in [4.78, 5) is 3.67. The monoisotopic (exact) mass is 301 g/mol. The van der Waals surface area contributed by atoms with Gasteiger partial charge in [-0.05, 0) is 40.1 Å². The normalized spacial score (nSPS) is 12.6. The van der Waals surface area contributed by atoms with E-state index < -0.39 is 11.6 Å². The Morgan fingerprint density at radius 3 is 2.15 bits per heavy atom. The second kappa shape index (κ2) is 6.95. The van der Waals surface area contributed by atoms with Crippen LogP contribution in [0.1, 0.15) is 19.4 Å². The summed E-state index contributed by atoms with van der Waals surface area (Å²) in [5.74, 6) is -1.28. The summed E-state index contributed by atoms with van der Waals surface area (Å²) in [7, 11) is 3.85. The van der Waals surface area contributed by atoms with Crippen LogP contribution in [0, 0.1) is 11.6 Å². The van der Waals surface area contributed by atoms with Gasteiger partial charge in [0.05, 0.1) is 0 Å². The molecule has 20 heavy (non-hydrogen) atoms. The number of halogens is 2. The first-order chi connectivity index (χ1) is 9.27. The Labute approximate surface area is 124 Å². The number of rotatable bonds is 6. The zero-order valence-electron chi connectivity index (χ0n) is 12.3. The van der Waals surface area contributed by atoms with Crippen molar-refractivity contribution in [1.29, 1.82) is 0 Å². The second-order valence-corrected chi connectivity index (χ2v) is 5.49. The van der Waals surface area contributed by atoms with E-state index in [-0.39, 0.29) is 22.3 Å². The number of hydrogen-bond donors (Lipinski definition) is 1. The third-order valence-corrected chi connectivity index (χ3v) is 3.33. The third-order valence-electron chi connectivity index (χ3n) is 3.09. The molecule has 6 heteroatoms. The molecular weight excluding hydrogens is 280 g/mol. The standard InChI is InChI=1S/C14H21F2N3S/c1-5-19(9(2)8-18(3)4)13-11(15)6-10(14(17)20)7-12(13)16/h6-7,9H,5,8H2,1-4H3,(H2,17,20). The van der Waals surface area contributed by atoms with Crippen LogP contribution in [-0.4, -0.2) is 43.1 Å². The molecule has 0 aliphatic heterocycles. The van der Waals surface area contributed by atoms with E-state index in [0.29, 0.717) is 13.1 Å². The molecule has 0 aliphatic carbocycles.